The maximum Gasteiger partial charge on any atom is 0.213 e. The molecule has 0 aliphatic heterocycles. The number of rotatable bonds is 2. The van der Waals surface area contributed by atoms with E-state index in [9.17, 15) is 4.79 Å². The summed E-state index contributed by atoms with van der Waals surface area (Å²) in [6, 6.07) is 8.96. The Balaban J connectivity index is 2.48. The molecule has 86 valence electrons. The largest absolute Gasteiger partial charge is 0.287 e. The number of hydrogen-bond donors (Lipinski definition) is 0. The zero-order chi connectivity index (χ0) is 12.4. The number of carbonyl (C=O) groups excluding carboxylic acids is 1. The van der Waals surface area contributed by atoms with Crippen LogP contribution in [0.15, 0.2) is 36.5 Å². The number of aromatic nitrogens is 1. The average molecular weight is 246 g/mol. The molecule has 1 aromatic carbocycles. The molecule has 2 aromatic rings. The maximum absolute atomic E-state index is 12.3. The molecule has 0 saturated carbocycles. The van der Waals surface area contributed by atoms with Crippen LogP contribution >= 0.6 is 11.6 Å². The lowest BCUT2D eigenvalue weighted by molar-refractivity contribution is 0.103. The number of ketones is 1. The van der Waals surface area contributed by atoms with E-state index in [4.69, 9.17) is 11.6 Å². The van der Waals surface area contributed by atoms with Crippen molar-refractivity contribution in [3.63, 3.8) is 0 Å². The van der Waals surface area contributed by atoms with E-state index < -0.39 is 0 Å². The second-order valence-corrected chi connectivity index (χ2v) is 4.39. The SMILES string of the molecule is Cc1cnc(C(=O)c2ccccc2Cl)c(C)c1. The fourth-order valence-electron chi connectivity index (χ4n) is 1.73. The van der Waals surface area contributed by atoms with Gasteiger partial charge in [0.05, 0.1) is 5.02 Å². The van der Waals surface area contributed by atoms with Gasteiger partial charge in [0.1, 0.15) is 5.69 Å². The Morgan fingerprint density at radius 3 is 2.59 bits per heavy atom. The van der Waals surface area contributed by atoms with Gasteiger partial charge in [0.2, 0.25) is 5.78 Å². The first-order valence-corrected chi connectivity index (χ1v) is 5.70. The molecule has 0 atom stereocenters. The Bertz CT molecular complexity index is 578. The van der Waals surface area contributed by atoms with Gasteiger partial charge in [0.15, 0.2) is 0 Å². The number of carbonyl (C=O) groups is 1. The van der Waals surface area contributed by atoms with Crippen LogP contribution in [0.4, 0.5) is 0 Å². The van der Waals surface area contributed by atoms with Crippen LogP contribution in [0.5, 0.6) is 0 Å². The van der Waals surface area contributed by atoms with Crippen LogP contribution in [0.3, 0.4) is 0 Å². The smallest absolute Gasteiger partial charge is 0.213 e. The van der Waals surface area contributed by atoms with Crippen molar-refractivity contribution in [2.75, 3.05) is 0 Å². The normalized spacial score (nSPS) is 10.3. The van der Waals surface area contributed by atoms with Gasteiger partial charge in [-0.3, -0.25) is 9.78 Å². The van der Waals surface area contributed by atoms with E-state index in [-0.39, 0.29) is 5.78 Å². The highest BCUT2D eigenvalue weighted by Gasteiger charge is 2.15. The highest BCUT2D eigenvalue weighted by molar-refractivity contribution is 6.34. The molecule has 0 spiro atoms. The molecular weight excluding hydrogens is 234 g/mol. The van der Waals surface area contributed by atoms with Crippen molar-refractivity contribution < 1.29 is 4.79 Å². The van der Waals surface area contributed by atoms with Crippen LogP contribution in [0, 0.1) is 13.8 Å². The van der Waals surface area contributed by atoms with Crippen molar-refractivity contribution in [2.24, 2.45) is 0 Å². The van der Waals surface area contributed by atoms with Crippen LogP contribution in [-0.2, 0) is 0 Å². The number of halogens is 1. The first-order chi connectivity index (χ1) is 8.09. The second kappa shape index (κ2) is 4.68. The van der Waals surface area contributed by atoms with E-state index in [0.29, 0.717) is 16.3 Å². The van der Waals surface area contributed by atoms with E-state index in [1.165, 1.54) is 0 Å². The standard InChI is InChI=1S/C14H12ClNO/c1-9-7-10(2)13(16-8-9)14(17)11-5-3-4-6-12(11)15/h3-8H,1-2H3. The van der Waals surface area contributed by atoms with Gasteiger partial charge in [0, 0.05) is 11.8 Å². The molecule has 0 saturated heterocycles. The summed E-state index contributed by atoms with van der Waals surface area (Å²) in [4.78, 5) is 16.4. The first-order valence-electron chi connectivity index (χ1n) is 5.32. The Morgan fingerprint density at radius 2 is 1.94 bits per heavy atom. The molecule has 2 nitrogen and oxygen atoms in total. The van der Waals surface area contributed by atoms with Crippen LogP contribution in [0.25, 0.3) is 0 Å². The number of benzene rings is 1. The molecule has 3 heteroatoms. The third-order valence-electron chi connectivity index (χ3n) is 2.55. The minimum absolute atomic E-state index is 0.131. The van der Waals surface area contributed by atoms with Crippen LogP contribution in [-0.4, -0.2) is 10.8 Å². The van der Waals surface area contributed by atoms with Gasteiger partial charge in [-0.15, -0.1) is 0 Å². The van der Waals surface area contributed by atoms with Crippen molar-refractivity contribution in [2.45, 2.75) is 13.8 Å². The van der Waals surface area contributed by atoms with Gasteiger partial charge in [-0.2, -0.15) is 0 Å². The van der Waals surface area contributed by atoms with Crippen LogP contribution in [0.1, 0.15) is 27.2 Å². The average Bonchev–Trinajstić information content (AvgIpc) is 2.29. The van der Waals surface area contributed by atoms with Crippen molar-refractivity contribution in [1.29, 1.82) is 0 Å². The highest BCUT2D eigenvalue weighted by atomic mass is 35.5. The zero-order valence-electron chi connectivity index (χ0n) is 9.70. The van der Waals surface area contributed by atoms with E-state index in [2.05, 4.69) is 4.98 Å². The van der Waals surface area contributed by atoms with Crippen molar-refractivity contribution in [3.8, 4) is 0 Å². The molecule has 1 heterocycles. The summed E-state index contributed by atoms with van der Waals surface area (Å²) in [5, 5.41) is 0.458. The molecule has 17 heavy (non-hydrogen) atoms. The molecule has 2 rings (SSSR count). The summed E-state index contributed by atoms with van der Waals surface area (Å²) >= 11 is 6.00. The molecule has 0 N–H and O–H groups in total. The number of nitrogens with zero attached hydrogens (tertiary/aromatic N) is 1. The lowest BCUT2D eigenvalue weighted by Gasteiger charge is -2.06. The highest BCUT2D eigenvalue weighted by Crippen LogP contribution is 2.20. The molecule has 0 fully saturated rings. The van der Waals surface area contributed by atoms with Gasteiger partial charge in [0.25, 0.3) is 0 Å². The van der Waals surface area contributed by atoms with E-state index in [1.54, 1.807) is 30.5 Å². The van der Waals surface area contributed by atoms with E-state index in [1.807, 2.05) is 19.9 Å². The van der Waals surface area contributed by atoms with Crippen molar-refractivity contribution >= 4 is 17.4 Å². The summed E-state index contributed by atoms with van der Waals surface area (Å²) < 4.78 is 0. The van der Waals surface area contributed by atoms with Gasteiger partial charge in [-0.05, 0) is 37.1 Å². The lowest BCUT2D eigenvalue weighted by atomic mass is 10.0. The number of aryl methyl sites for hydroxylation is 2. The molecule has 0 aliphatic carbocycles. The van der Waals surface area contributed by atoms with Gasteiger partial charge < -0.3 is 0 Å². The molecular formula is C14H12ClNO. The van der Waals surface area contributed by atoms with Gasteiger partial charge in [-0.1, -0.05) is 29.8 Å². The second-order valence-electron chi connectivity index (χ2n) is 3.99. The summed E-state index contributed by atoms with van der Waals surface area (Å²) in [6.07, 6.45) is 1.69. The number of hydrogen-bond acceptors (Lipinski definition) is 2. The maximum atomic E-state index is 12.3. The Labute approximate surface area is 105 Å². The van der Waals surface area contributed by atoms with Gasteiger partial charge in [-0.25, -0.2) is 0 Å². The predicted octanol–water partition coefficient (Wildman–Crippen LogP) is 3.58. The van der Waals surface area contributed by atoms with E-state index in [0.717, 1.165) is 11.1 Å². The van der Waals surface area contributed by atoms with Crippen LogP contribution < -0.4 is 0 Å². The molecule has 0 amide bonds. The Hall–Kier alpha value is -1.67. The molecule has 1 aromatic heterocycles. The molecule has 0 bridgehead atoms. The fourth-order valence-corrected chi connectivity index (χ4v) is 1.95. The van der Waals surface area contributed by atoms with Crippen molar-refractivity contribution in [3.05, 3.63) is 63.9 Å². The zero-order valence-corrected chi connectivity index (χ0v) is 10.5. The summed E-state index contributed by atoms with van der Waals surface area (Å²) in [5.74, 6) is -0.131. The summed E-state index contributed by atoms with van der Waals surface area (Å²) in [5.41, 5.74) is 2.87. The molecule has 0 aliphatic rings. The minimum atomic E-state index is -0.131. The quantitative estimate of drug-likeness (QED) is 0.757. The van der Waals surface area contributed by atoms with Crippen LogP contribution in [0.2, 0.25) is 5.02 Å². The van der Waals surface area contributed by atoms with Crippen molar-refractivity contribution in [1.82, 2.24) is 4.98 Å². The third kappa shape index (κ3) is 2.37. The topological polar surface area (TPSA) is 30.0 Å². The third-order valence-corrected chi connectivity index (χ3v) is 2.88. The fraction of sp³-hybridized carbons (Fsp3) is 0.143. The Morgan fingerprint density at radius 1 is 1.24 bits per heavy atom. The first kappa shape index (κ1) is 11.8. The monoisotopic (exact) mass is 245 g/mol. The lowest BCUT2D eigenvalue weighted by Crippen LogP contribution is -2.07. The van der Waals surface area contributed by atoms with Gasteiger partial charge >= 0.3 is 0 Å². The Kier molecular flexibility index (Phi) is 3.25. The predicted molar refractivity (Wildman–Crippen MR) is 68.6 cm³/mol. The minimum Gasteiger partial charge on any atom is -0.287 e. The molecule has 0 radical (unpaired) electrons. The summed E-state index contributed by atoms with van der Waals surface area (Å²) in [6.45, 7) is 3.83. The number of pyridine rings is 1. The van der Waals surface area contributed by atoms with E-state index >= 15 is 0 Å². The molecule has 0 unspecified atom stereocenters. The summed E-state index contributed by atoms with van der Waals surface area (Å²) in [7, 11) is 0.